The molecule has 0 radical (unpaired) electrons. The van der Waals surface area contributed by atoms with E-state index in [0.717, 1.165) is 11.8 Å². The third-order valence-electron chi connectivity index (χ3n) is 2.28. The third kappa shape index (κ3) is 4.52. The average molecular weight is 327 g/mol. The van der Waals surface area contributed by atoms with Crippen molar-refractivity contribution in [3.8, 4) is 5.75 Å². The molecule has 1 aromatic rings. The highest BCUT2D eigenvalue weighted by Crippen LogP contribution is 2.31. The van der Waals surface area contributed by atoms with Crippen molar-refractivity contribution in [1.29, 1.82) is 0 Å². The highest BCUT2D eigenvalue weighted by molar-refractivity contribution is 9.10. The fourth-order valence-corrected chi connectivity index (χ4v) is 2.18. The van der Waals surface area contributed by atoms with Gasteiger partial charge in [0.2, 0.25) is 0 Å². The van der Waals surface area contributed by atoms with E-state index in [0.29, 0.717) is 28.8 Å². The summed E-state index contributed by atoms with van der Waals surface area (Å²) in [4.78, 5) is 22.1. The van der Waals surface area contributed by atoms with Crippen LogP contribution in [0.3, 0.4) is 0 Å². The van der Waals surface area contributed by atoms with E-state index in [2.05, 4.69) is 22.5 Å². The first-order chi connectivity index (χ1) is 9.12. The van der Waals surface area contributed by atoms with Crippen LogP contribution in [0.5, 0.6) is 5.75 Å². The van der Waals surface area contributed by atoms with Crippen molar-refractivity contribution in [1.82, 2.24) is 0 Å². The molecule has 0 fully saturated rings. The molecule has 0 spiro atoms. The zero-order valence-corrected chi connectivity index (χ0v) is 12.2. The zero-order chi connectivity index (χ0) is 14.3. The van der Waals surface area contributed by atoms with Crippen molar-refractivity contribution in [2.24, 2.45) is 0 Å². The van der Waals surface area contributed by atoms with Crippen molar-refractivity contribution < 1.29 is 19.1 Å². The van der Waals surface area contributed by atoms with Gasteiger partial charge in [-0.3, -0.25) is 4.79 Å². The van der Waals surface area contributed by atoms with Crippen LogP contribution in [0.2, 0.25) is 0 Å². The van der Waals surface area contributed by atoms with E-state index in [9.17, 15) is 9.59 Å². The number of carbonyl (C=O) groups is 2. The van der Waals surface area contributed by atoms with Gasteiger partial charge in [-0.25, -0.2) is 4.79 Å². The molecule has 1 aromatic carbocycles. The predicted octanol–water partition coefficient (Wildman–Crippen LogP) is 2.93. The van der Waals surface area contributed by atoms with E-state index in [-0.39, 0.29) is 6.61 Å². The van der Waals surface area contributed by atoms with Crippen molar-refractivity contribution in [2.45, 2.75) is 13.3 Å². The number of hydrogen-bond donors (Lipinski definition) is 0. The Morgan fingerprint density at radius 2 is 2.21 bits per heavy atom. The second-order valence-electron chi connectivity index (χ2n) is 3.70. The topological polar surface area (TPSA) is 52.6 Å². The zero-order valence-electron chi connectivity index (χ0n) is 10.6. The molecule has 0 amide bonds. The molecule has 0 aliphatic rings. The van der Waals surface area contributed by atoms with Crippen LogP contribution in [-0.4, -0.2) is 25.5 Å². The van der Waals surface area contributed by atoms with Crippen LogP contribution in [0.1, 0.15) is 22.8 Å². The molecule has 0 N–H and O–H groups in total. The fourth-order valence-electron chi connectivity index (χ4n) is 1.54. The van der Waals surface area contributed by atoms with E-state index >= 15 is 0 Å². The smallest absolute Gasteiger partial charge is 0.344 e. The molecule has 0 bridgehead atoms. The molecule has 0 aliphatic heterocycles. The van der Waals surface area contributed by atoms with Gasteiger partial charge in [-0.05, 0) is 47.0 Å². The Morgan fingerprint density at radius 3 is 2.79 bits per heavy atom. The van der Waals surface area contributed by atoms with E-state index in [1.807, 2.05) is 0 Å². The summed E-state index contributed by atoms with van der Waals surface area (Å²) in [5.74, 6) is 0.0944. The maximum Gasteiger partial charge on any atom is 0.344 e. The van der Waals surface area contributed by atoms with Crippen molar-refractivity contribution >= 4 is 28.2 Å². The van der Waals surface area contributed by atoms with Crippen LogP contribution in [0, 0.1) is 0 Å². The van der Waals surface area contributed by atoms with E-state index in [1.165, 1.54) is 0 Å². The molecule has 0 saturated carbocycles. The molecule has 0 unspecified atom stereocenters. The summed E-state index contributed by atoms with van der Waals surface area (Å²) in [6, 6.07) is 3.35. The number of halogens is 1. The summed E-state index contributed by atoms with van der Waals surface area (Å²) in [5, 5.41) is 0. The SMILES string of the molecule is C=CCc1cc(C=O)cc(Br)c1OCC(=O)OCC. The van der Waals surface area contributed by atoms with Crippen LogP contribution in [0.15, 0.2) is 29.3 Å². The number of hydrogen-bond acceptors (Lipinski definition) is 4. The van der Waals surface area contributed by atoms with E-state index in [4.69, 9.17) is 9.47 Å². The standard InChI is InChI=1S/C14H15BrO4/c1-3-5-11-6-10(8-16)7-12(15)14(11)19-9-13(17)18-4-2/h3,6-8H,1,4-5,9H2,2H3. The van der Waals surface area contributed by atoms with Crippen molar-refractivity contribution in [2.75, 3.05) is 13.2 Å². The number of rotatable bonds is 7. The van der Waals surface area contributed by atoms with Gasteiger partial charge >= 0.3 is 5.97 Å². The van der Waals surface area contributed by atoms with Gasteiger partial charge in [-0.2, -0.15) is 0 Å². The number of esters is 1. The lowest BCUT2D eigenvalue weighted by atomic mass is 10.1. The predicted molar refractivity (Wildman–Crippen MR) is 75.6 cm³/mol. The minimum absolute atomic E-state index is 0.170. The van der Waals surface area contributed by atoms with Gasteiger partial charge in [0.1, 0.15) is 12.0 Å². The highest BCUT2D eigenvalue weighted by atomic mass is 79.9. The summed E-state index contributed by atoms with van der Waals surface area (Å²) in [6.07, 6.45) is 3.00. The lowest BCUT2D eigenvalue weighted by Crippen LogP contribution is -2.15. The lowest BCUT2D eigenvalue weighted by molar-refractivity contribution is -0.145. The Labute approximate surface area is 120 Å². The lowest BCUT2D eigenvalue weighted by Gasteiger charge is -2.12. The van der Waals surface area contributed by atoms with Crippen LogP contribution in [-0.2, 0) is 16.0 Å². The minimum atomic E-state index is -0.432. The summed E-state index contributed by atoms with van der Waals surface area (Å²) in [7, 11) is 0. The number of aldehydes is 1. The molecule has 4 nitrogen and oxygen atoms in total. The van der Waals surface area contributed by atoms with Crippen LogP contribution in [0.4, 0.5) is 0 Å². The Kier molecular flexibility index (Phi) is 6.29. The van der Waals surface area contributed by atoms with Gasteiger partial charge in [-0.15, -0.1) is 6.58 Å². The van der Waals surface area contributed by atoms with Gasteiger partial charge in [-0.1, -0.05) is 6.08 Å². The molecule has 5 heteroatoms. The monoisotopic (exact) mass is 326 g/mol. The number of allylic oxidation sites excluding steroid dienone is 1. The van der Waals surface area contributed by atoms with Crippen LogP contribution >= 0.6 is 15.9 Å². The van der Waals surface area contributed by atoms with Gasteiger partial charge in [0.15, 0.2) is 6.61 Å². The highest BCUT2D eigenvalue weighted by Gasteiger charge is 2.12. The van der Waals surface area contributed by atoms with E-state index < -0.39 is 5.97 Å². The molecule has 0 atom stereocenters. The molecule has 0 saturated heterocycles. The third-order valence-corrected chi connectivity index (χ3v) is 2.87. The molecule has 0 aliphatic carbocycles. The Morgan fingerprint density at radius 1 is 1.47 bits per heavy atom. The molecule has 102 valence electrons. The summed E-state index contributed by atoms with van der Waals surface area (Å²) >= 11 is 3.33. The second-order valence-corrected chi connectivity index (χ2v) is 4.55. The van der Waals surface area contributed by atoms with Gasteiger partial charge in [0.25, 0.3) is 0 Å². The quantitative estimate of drug-likeness (QED) is 0.439. The first-order valence-corrected chi connectivity index (χ1v) is 6.58. The number of ether oxygens (including phenoxy) is 2. The second kappa shape index (κ2) is 7.74. The van der Waals surface area contributed by atoms with E-state index in [1.54, 1.807) is 25.1 Å². The maximum absolute atomic E-state index is 11.3. The molecule has 0 heterocycles. The van der Waals surface area contributed by atoms with Crippen molar-refractivity contribution in [3.05, 3.63) is 40.4 Å². The fraction of sp³-hybridized carbons (Fsp3) is 0.286. The summed E-state index contributed by atoms with van der Waals surface area (Å²) < 4.78 is 10.9. The Hall–Kier alpha value is -1.62. The Bertz CT molecular complexity index is 483. The van der Waals surface area contributed by atoms with Gasteiger partial charge in [0.05, 0.1) is 11.1 Å². The molecular weight excluding hydrogens is 312 g/mol. The largest absolute Gasteiger partial charge is 0.480 e. The normalized spacial score (nSPS) is 9.79. The molecular formula is C14H15BrO4. The first-order valence-electron chi connectivity index (χ1n) is 5.79. The number of benzene rings is 1. The summed E-state index contributed by atoms with van der Waals surface area (Å²) in [5.41, 5.74) is 1.32. The van der Waals surface area contributed by atoms with Crippen LogP contribution in [0.25, 0.3) is 0 Å². The molecule has 19 heavy (non-hydrogen) atoms. The first kappa shape index (κ1) is 15.4. The molecule has 0 aromatic heterocycles. The average Bonchev–Trinajstić information content (AvgIpc) is 2.38. The van der Waals surface area contributed by atoms with Gasteiger partial charge < -0.3 is 9.47 Å². The number of carbonyl (C=O) groups excluding carboxylic acids is 2. The van der Waals surface area contributed by atoms with Crippen molar-refractivity contribution in [3.63, 3.8) is 0 Å². The van der Waals surface area contributed by atoms with Crippen LogP contribution < -0.4 is 4.74 Å². The maximum atomic E-state index is 11.3. The van der Waals surface area contributed by atoms with Gasteiger partial charge in [0, 0.05) is 5.56 Å². The molecule has 1 rings (SSSR count). The Balaban J connectivity index is 2.94. The summed E-state index contributed by atoms with van der Waals surface area (Å²) in [6.45, 7) is 5.53. The minimum Gasteiger partial charge on any atom is -0.480 e.